The Morgan fingerprint density at radius 3 is 2.62 bits per heavy atom. The van der Waals surface area contributed by atoms with E-state index in [1.165, 1.54) is 6.92 Å². The Balaban J connectivity index is 1.55. The van der Waals surface area contributed by atoms with E-state index in [1.54, 1.807) is 0 Å². The summed E-state index contributed by atoms with van der Waals surface area (Å²) in [5.41, 5.74) is 0.916. The number of rotatable bonds is 7. The van der Waals surface area contributed by atoms with E-state index in [9.17, 15) is 14.4 Å². The third-order valence-electron chi connectivity index (χ3n) is 3.52. The Morgan fingerprint density at radius 1 is 1.12 bits per heavy atom. The number of hydrogen-bond donors (Lipinski definition) is 1. The molecule has 1 N–H and O–H groups in total. The zero-order chi connectivity index (χ0) is 17.4. The molecule has 1 aromatic carbocycles. The summed E-state index contributed by atoms with van der Waals surface area (Å²) in [6.07, 6.45) is -0.555. The Labute approximate surface area is 140 Å². The van der Waals surface area contributed by atoms with Crippen LogP contribution in [0.3, 0.4) is 0 Å². The van der Waals surface area contributed by atoms with Crippen LogP contribution < -0.4 is 5.32 Å². The summed E-state index contributed by atoms with van der Waals surface area (Å²) in [4.78, 5) is 34.4. The van der Waals surface area contributed by atoms with Gasteiger partial charge in [-0.15, -0.1) is 0 Å². The number of unbranched alkanes of at least 4 members (excludes halogenated alkanes) is 1. The second-order valence-corrected chi connectivity index (χ2v) is 5.49. The number of carbonyl (C=O) groups is 3. The first-order valence-electron chi connectivity index (χ1n) is 7.92. The normalized spacial score (nSPS) is 20.0. The molecule has 1 saturated heterocycles. The van der Waals surface area contributed by atoms with Gasteiger partial charge in [0, 0.05) is 6.54 Å². The summed E-state index contributed by atoms with van der Waals surface area (Å²) in [7, 11) is 0. The fourth-order valence-electron chi connectivity index (χ4n) is 2.18. The van der Waals surface area contributed by atoms with Crippen molar-refractivity contribution < 1.29 is 28.6 Å². The van der Waals surface area contributed by atoms with Gasteiger partial charge < -0.3 is 19.5 Å². The van der Waals surface area contributed by atoms with Crippen molar-refractivity contribution >= 4 is 18.0 Å². The van der Waals surface area contributed by atoms with Gasteiger partial charge in [-0.05, 0) is 31.7 Å². The lowest BCUT2D eigenvalue weighted by molar-refractivity contribution is -0.193. The minimum atomic E-state index is -0.848. The van der Waals surface area contributed by atoms with Crippen molar-refractivity contribution in [1.82, 2.24) is 5.32 Å². The number of cyclic esters (lactones) is 2. The van der Waals surface area contributed by atoms with E-state index in [0.29, 0.717) is 25.8 Å². The predicted molar refractivity (Wildman–Crippen MR) is 83.9 cm³/mol. The third kappa shape index (κ3) is 5.57. The highest BCUT2D eigenvalue weighted by atomic mass is 16.6. The topological polar surface area (TPSA) is 90.9 Å². The molecule has 1 aromatic rings. The van der Waals surface area contributed by atoms with Crippen LogP contribution >= 0.6 is 0 Å². The van der Waals surface area contributed by atoms with Crippen molar-refractivity contribution in [3.05, 3.63) is 35.9 Å². The first-order chi connectivity index (χ1) is 11.6. The standard InChI is InChI=1S/C17H21NO6/c1-12-15(19)24-14(16(20)23-12)9-5-6-10-18-17(21)22-11-13-7-3-2-4-8-13/h2-4,7-8,12,14H,5-6,9-11H2,1H3,(H,18,21). The van der Waals surface area contributed by atoms with Crippen molar-refractivity contribution in [2.75, 3.05) is 6.54 Å². The lowest BCUT2D eigenvalue weighted by Crippen LogP contribution is -2.42. The van der Waals surface area contributed by atoms with Crippen LogP contribution in [-0.2, 0) is 30.4 Å². The number of carbonyl (C=O) groups excluding carboxylic acids is 3. The molecule has 0 radical (unpaired) electrons. The second kappa shape index (κ2) is 8.90. The SMILES string of the molecule is CC1OC(=O)C(CCCCNC(=O)OCc2ccccc2)OC1=O. The van der Waals surface area contributed by atoms with Gasteiger partial charge >= 0.3 is 18.0 Å². The molecule has 0 saturated carbocycles. The van der Waals surface area contributed by atoms with Gasteiger partial charge in [0.05, 0.1) is 0 Å². The van der Waals surface area contributed by atoms with E-state index in [1.807, 2.05) is 30.3 Å². The lowest BCUT2D eigenvalue weighted by atomic mass is 10.1. The van der Waals surface area contributed by atoms with Crippen LogP contribution in [-0.4, -0.2) is 36.8 Å². The van der Waals surface area contributed by atoms with Gasteiger partial charge in [0.25, 0.3) is 0 Å². The highest BCUT2D eigenvalue weighted by Crippen LogP contribution is 2.15. The van der Waals surface area contributed by atoms with Gasteiger partial charge in [-0.3, -0.25) is 0 Å². The molecule has 0 aliphatic carbocycles. The summed E-state index contributed by atoms with van der Waals surface area (Å²) in [5, 5.41) is 2.63. The number of hydrogen-bond acceptors (Lipinski definition) is 6. The molecule has 0 bridgehead atoms. The number of esters is 2. The number of nitrogens with one attached hydrogen (secondary N) is 1. The highest BCUT2D eigenvalue weighted by molar-refractivity contribution is 5.87. The summed E-state index contributed by atoms with van der Waals surface area (Å²) in [6, 6.07) is 9.39. The number of benzene rings is 1. The summed E-state index contributed by atoms with van der Waals surface area (Å²) < 4.78 is 15.0. The quantitative estimate of drug-likeness (QED) is 0.465. The van der Waals surface area contributed by atoms with Crippen molar-refractivity contribution in [1.29, 1.82) is 0 Å². The molecular formula is C17H21NO6. The number of alkyl carbamates (subject to hydrolysis) is 1. The maximum absolute atomic E-state index is 11.6. The minimum absolute atomic E-state index is 0.217. The van der Waals surface area contributed by atoms with Gasteiger partial charge in [-0.25, -0.2) is 14.4 Å². The highest BCUT2D eigenvalue weighted by Gasteiger charge is 2.34. The molecule has 1 aliphatic heterocycles. The van der Waals surface area contributed by atoms with Gasteiger partial charge in [0.1, 0.15) is 6.61 Å². The van der Waals surface area contributed by atoms with E-state index in [4.69, 9.17) is 14.2 Å². The van der Waals surface area contributed by atoms with Crippen molar-refractivity contribution in [2.24, 2.45) is 0 Å². The zero-order valence-electron chi connectivity index (χ0n) is 13.5. The van der Waals surface area contributed by atoms with E-state index < -0.39 is 30.2 Å². The van der Waals surface area contributed by atoms with Gasteiger partial charge in [-0.2, -0.15) is 0 Å². The Hall–Kier alpha value is -2.57. The molecule has 2 unspecified atom stereocenters. The zero-order valence-corrected chi connectivity index (χ0v) is 13.5. The van der Waals surface area contributed by atoms with Gasteiger partial charge in [0.15, 0.2) is 12.2 Å². The molecule has 2 atom stereocenters. The van der Waals surface area contributed by atoms with Crippen LogP contribution in [0.4, 0.5) is 4.79 Å². The van der Waals surface area contributed by atoms with Crippen LogP contribution in [0.15, 0.2) is 30.3 Å². The van der Waals surface area contributed by atoms with Crippen molar-refractivity contribution in [3.63, 3.8) is 0 Å². The second-order valence-electron chi connectivity index (χ2n) is 5.49. The molecule has 1 fully saturated rings. The average Bonchev–Trinajstić information content (AvgIpc) is 2.58. The monoisotopic (exact) mass is 335 g/mol. The number of ether oxygens (including phenoxy) is 3. The molecule has 1 amide bonds. The molecular weight excluding hydrogens is 314 g/mol. The molecule has 24 heavy (non-hydrogen) atoms. The minimum Gasteiger partial charge on any atom is -0.448 e. The first kappa shape index (κ1) is 17.8. The molecule has 0 spiro atoms. The summed E-state index contributed by atoms with van der Waals surface area (Å²) in [6.45, 7) is 2.11. The molecule has 7 nitrogen and oxygen atoms in total. The fourth-order valence-corrected chi connectivity index (χ4v) is 2.18. The van der Waals surface area contributed by atoms with Gasteiger partial charge in [0.2, 0.25) is 0 Å². The molecule has 130 valence electrons. The molecule has 0 aromatic heterocycles. The maximum Gasteiger partial charge on any atom is 0.407 e. The first-order valence-corrected chi connectivity index (χ1v) is 7.92. The molecule has 2 rings (SSSR count). The summed E-state index contributed by atoms with van der Waals surface area (Å²) >= 11 is 0. The van der Waals surface area contributed by atoms with E-state index in [-0.39, 0.29) is 6.61 Å². The molecule has 7 heteroatoms. The Morgan fingerprint density at radius 2 is 1.88 bits per heavy atom. The Bertz CT molecular complexity index is 574. The van der Waals surface area contributed by atoms with Crippen LogP contribution in [0, 0.1) is 0 Å². The lowest BCUT2D eigenvalue weighted by Gasteiger charge is -2.25. The third-order valence-corrected chi connectivity index (χ3v) is 3.52. The Kier molecular flexibility index (Phi) is 6.60. The molecule has 1 aliphatic rings. The van der Waals surface area contributed by atoms with E-state index >= 15 is 0 Å². The van der Waals surface area contributed by atoms with E-state index in [2.05, 4.69) is 5.32 Å². The van der Waals surface area contributed by atoms with Crippen LogP contribution in [0.25, 0.3) is 0 Å². The fraction of sp³-hybridized carbons (Fsp3) is 0.471. The van der Waals surface area contributed by atoms with Crippen molar-refractivity contribution in [3.8, 4) is 0 Å². The number of amides is 1. The van der Waals surface area contributed by atoms with Crippen LogP contribution in [0.2, 0.25) is 0 Å². The van der Waals surface area contributed by atoms with Crippen molar-refractivity contribution in [2.45, 2.75) is 45.0 Å². The average molecular weight is 335 g/mol. The predicted octanol–water partition coefficient (Wildman–Crippen LogP) is 1.94. The van der Waals surface area contributed by atoms with E-state index in [0.717, 1.165) is 5.56 Å². The van der Waals surface area contributed by atoms with Gasteiger partial charge in [-0.1, -0.05) is 30.3 Å². The smallest absolute Gasteiger partial charge is 0.407 e. The maximum atomic E-state index is 11.6. The summed E-state index contributed by atoms with van der Waals surface area (Å²) in [5.74, 6) is -1.04. The van der Waals surface area contributed by atoms with Crippen LogP contribution in [0.5, 0.6) is 0 Å². The largest absolute Gasteiger partial charge is 0.448 e. The molecule has 1 heterocycles. The van der Waals surface area contributed by atoms with Crippen LogP contribution in [0.1, 0.15) is 31.7 Å².